The van der Waals surface area contributed by atoms with E-state index in [1.165, 1.54) is 23.9 Å². The molecule has 0 unspecified atom stereocenters. The van der Waals surface area contributed by atoms with E-state index in [2.05, 4.69) is 20.0 Å². The number of carbonyl (C=O) groups is 1. The number of ether oxygens (including phenoxy) is 1. The zero-order valence-corrected chi connectivity index (χ0v) is 19.9. The van der Waals surface area contributed by atoms with Gasteiger partial charge in [0.05, 0.1) is 11.4 Å². The number of benzene rings is 1. The minimum absolute atomic E-state index is 0.0357. The lowest BCUT2D eigenvalue weighted by Gasteiger charge is -2.11. The van der Waals surface area contributed by atoms with Crippen molar-refractivity contribution in [3.05, 3.63) is 76.9 Å². The van der Waals surface area contributed by atoms with Crippen LogP contribution in [0.2, 0.25) is 0 Å². The molecule has 0 aliphatic carbocycles. The standard InChI is InChI=1S/C24H23F2N5O2S/c1-14-11-16(3)31(29-14)22-9-10-23(28-27-22)34-13-21(32)20-12-15(2)30(17(20)4)18-5-7-19(8-6-18)33-24(25)26/h5-12,24H,13H2,1-4H3. The fraction of sp³-hybridized carbons (Fsp3) is 0.250. The van der Waals surface area contributed by atoms with Gasteiger partial charge in [0.15, 0.2) is 11.6 Å². The molecular formula is C24H23F2N5O2S. The van der Waals surface area contributed by atoms with Crippen LogP contribution in [0.3, 0.4) is 0 Å². The average molecular weight is 484 g/mol. The number of hydrogen-bond donors (Lipinski definition) is 0. The molecule has 10 heteroatoms. The highest BCUT2D eigenvalue weighted by molar-refractivity contribution is 7.99. The minimum Gasteiger partial charge on any atom is -0.435 e. The third-order valence-corrected chi connectivity index (χ3v) is 6.18. The van der Waals surface area contributed by atoms with Crippen molar-refractivity contribution in [1.82, 2.24) is 24.5 Å². The molecule has 0 bridgehead atoms. The molecule has 1 aromatic carbocycles. The van der Waals surface area contributed by atoms with Gasteiger partial charge in [-0.05, 0) is 76.2 Å². The van der Waals surface area contributed by atoms with Gasteiger partial charge < -0.3 is 9.30 Å². The maximum Gasteiger partial charge on any atom is 0.387 e. The molecule has 0 amide bonds. The number of aryl methyl sites for hydroxylation is 3. The van der Waals surface area contributed by atoms with Gasteiger partial charge in [-0.25, -0.2) is 4.68 Å². The second-order valence-corrected chi connectivity index (χ2v) is 8.77. The van der Waals surface area contributed by atoms with Crippen LogP contribution >= 0.6 is 11.8 Å². The van der Waals surface area contributed by atoms with E-state index in [1.807, 2.05) is 56.5 Å². The van der Waals surface area contributed by atoms with Crippen molar-refractivity contribution in [1.29, 1.82) is 0 Å². The molecule has 3 aromatic heterocycles. The van der Waals surface area contributed by atoms with E-state index >= 15 is 0 Å². The van der Waals surface area contributed by atoms with Crippen molar-refractivity contribution in [3.8, 4) is 17.3 Å². The number of carbonyl (C=O) groups excluding carboxylic acids is 1. The molecular weight excluding hydrogens is 460 g/mol. The molecule has 34 heavy (non-hydrogen) atoms. The highest BCUT2D eigenvalue weighted by Crippen LogP contribution is 2.25. The first-order chi connectivity index (χ1) is 16.2. The van der Waals surface area contributed by atoms with Gasteiger partial charge in [0.1, 0.15) is 10.8 Å². The highest BCUT2D eigenvalue weighted by atomic mass is 32.2. The lowest BCUT2D eigenvalue weighted by molar-refractivity contribution is -0.0498. The van der Waals surface area contributed by atoms with Crippen LogP contribution in [-0.4, -0.2) is 42.7 Å². The molecule has 3 heterocycles. The highest BCUT2D eigenvalue weighted by Gasteiger charge is 2.18. The summed E-state index contributed by atoms with van der Waals surface area (Å²) in [6, 6.07) is 13.8. The maximum atomic E-state index is 12.9. The topological polar surface area (TPSA) is 74.8 Å². The second-order valence-electron chi connectivity index (χ2n) is 7.77. The van der Waals surface area contributed by atoms with Crippen LogP contribution in [0.1, 0.15) is 33.1 Å². The van der Waals surface area contributed by atoms with Gasteiger partial charge in [-0.3, -0.25) is 4.79 Å². The number of alkyl halides is 2. The van der Waals surface area contributed by atoms with Gasteiger partial charge in [0.25, 0.3) is 0 Å². The summed E-state index contributed by atoms with van der Waals surface area (Å²) in [6.45, 7) is 4.75. The Morgan fingerprint density at radius 1 is 1.00 bits per heavy atom. The summed E-state index contributed by atoms with van der Waals surface area (Å²) in [5, 5.41) is 13.5. The Morgan fingerprint density at radius 2 is 1.74 bits per heavy atom. The normalized spacial score (nSPS) is 11.3. The van der Waals surface area contributed by atoms with Crippen molar-refractivity contribution in [2.24, 2.45) is 0 Å². The molecule has 7 nitrogen and oxygen atoms in total. The molecule has 4 rings (SSSR count). The Balaban J connectivity index is 1.45. The van der Waals surface area contributed by atoms with Crippen LogP contribution in [-0.2, 0) is 0 Å². The van der Waals surface area contributed by atoms with E-state index in [9.17, 15) is 13.6 Å². The number of halogens is 2. The largest absolute Gasteiger partial charge is 0.435 e. The van der Waals surface area contributed by atoms with Crippen molar-refractivity contribution in [2.75, 3.05) is 5.75 Å². The molecule has 0 aliphatic heterocycles. The molecule has 0 N–H and O–H groups in total. The Hall–Kier alpha value is -3.53. The van der Waals surface area contributed by atoms with Crippen LogP contribution in [0.15, 0.2) is 53.6 Å². The second kappa shape index (κ2) is 9.76. The van der Waals surface area contributed by atoms with Crippen molar-refractivity contribution in [3.63, 3.8) is 0 Å². The molecule has 0 saturated heterocycles. The monoisotopic (exact) mass is 483 g/mol. The Morgan fingerprint density at radius 3 is 2.32 bits per heavy atom. The fourth-order valence-corrected chi connectivity index (χ4v) is 4.50. The summed E-state index contributed by atoms with van der Waals surface area (Å²) in [6.07, 6.45) is 0. The average Bonchev–Trinajstić information content (AvgIpc) is 3.29. The molecule has 176 valence electrons. The summed E-state index contributed by atoms with van der Waals surface area (Å²) in [4.78, 5) is 12.9. The van der Waals surface area contributed by atoms with Gasteiger partial charge in [-0.15, -0.1) is 10.2 Å². The van der Waals surface area contributed by atoms with Gasteiger partial charge in [-0.1, -0.05) is 11.8 Å². The van der Waals surface area contributed by atoms with E-state index in [0.717, 1.165) is 28.5 Å². The quantitative estimate of drug-likeness (QED) is 0.251. The lowest BCUT2D eigenvalue weighted by Crippen LogP contribution is -2.07. The molecule has 0 spiro atoms. The predicted molar refractivity (Wildman–Crippen MR) is 126 cm³/mol. The number of aromatic nitrogens is 5. The Kier molecular flexibility index (Phi) is 6.78. The molecule has 0 radical (unpaired) electrons. The van der Waals surface area contributed by atoms with Crippen LogP contribution < -0.4 is 4.74 Å². The molecule has 0 saturated carbocycles. The van der Waals surface area contributed by atoms with E-state index in [1.54, 1.807) is 16.8 Å². The third kappa shape index (κ3) is 5.01. The molecule has 4 aromatic rings. The van der Waals surface area contributed by atoms with Gasteiger partial charge in [-0.2, -0.15) is 13.9 Å². The number of thioether (sulfide) groups is 1. The smallest absolute Gasteiger partial charge is 0.387 e. The van der Waals surface area contributed by atoms with Gasteiger partial charge in [0.2, 0.25) is 0 Å². The number of hydrogen-bond acceptors (Lipinski definition) is 6. The first kappa shape index (κ1) is 23.6. The molecule has 0 aliphatic rings. The van der Waals surface area contributed by atoms with E-state index in [4.69, 9.17) is 0 Å². The Bertz CT molecular complexity index is 1310. The molecule has 0 fully saturated rings. The van der Waals surface area contributed by atoms with E-state index in [0.29, 0.717) is 16.4 Å². The van der Waals surface area contributed by atoms with Crippen LogP contribution in [0.25, 0.3) is 11.5 Å². The predicted octanol–water partition coefficient (Wildman–Crippen LogP) is 5.26. The first-order valence-corrected chi connectivity index (χ1v) is 11.5. The van der Waals surface area contributed by atoms with E-state index in [-0.39, 0.29) is 17.3 Å². The number of rotatable bonds is 8. The summed E-state index contributed by atoms with van der Waals surface area (Å²) in [5.41, 5.74) is 4.87. The van der Waals surface area contributed by atoms with Gasteiger partial charge >= 0.3 is 6.61 Å². The number of nitrogens with zero attached hydrogens (tertiary/aromatic N) is 5. The van der Waals surface area contributed by atoms with Crippen molar-refractivity contribution < 1.29 is 18.3 Å². The van der Waals surface area contributed by atoms with Gasteiger partial charge in [0, 0.05) is 28.3 Å². The summed E-state index contributed by atoms with van der Waals surface area (Å²) in [5.74, 6) is 0.874. The first-order valence-electron chi connectivity index (χ1n) is 10.5. The fourth-order valence-electron chi connectivity index (χ4n) is 3.80. The van der Waals surface area contributed by atoms with Crippen LogP contribution in [0.4, 0.5) is 8.78 Å². The van der Waals surface area contributed by atoms with Crippen LogP contribution in [0, 0.1) is 27.7 Å². The summed E-state index contributed by atoms with van der Waals surface area (Å²) in [7, 11) is 0. The van der Waals surface area contributed by atoms with Crippen LogP contribution in [0.5, 0.6) is 5.75 Å². The summed E-state index contributed by atoms with van der Waals surface area (Å²) >= 11 is 1.31. The van der Waals surface area contributed by atoms with Crippen molar-refractivity contribution >= 4 is 17.5 Å². The summed E-state index contributed by atoms with van der Waals surface area (Å²) < 4.78 is 32.8. The Labute approximate surface area is 199 Å². The maximum absolute atomic E-state index is 12.9. The zero-order valence-electron chi connectivity index (χ0n) is 19.1. The van der Waals surface area contributed by atoms with E-state index < -0.39 is 6.61 Å². The SMILES string of the molecule is Cc1cc(C)n(-c2ccc(SCC(=O)c3cc(C)n(-c4ccc(OC(F)F)cc4)c3C)nn2)n1. The third-order valence-electron chi connectivity index (χ3n) is 5.26. The molecule has 0 atom stereocenters. The lowest BCUT2D eigenvalue weighted by atomic mass is 10.2. The number of Topliss-reactive ketones (excluding diaryl/α,β-unsaturated/α-hetero) is 1. The zero-order chi connectivity index (χ0) is 24.4. The minimum atomic E-state index is -2.87. The van der Waals surface area contributed by atoms with Crippen molar-refractivity contribution in [2.45, 2.75) is 39.3 Å². The number of ketones is 1.